The second-order valence-corrected chi connectivity index (χ2v) is 5.36. The molecule has 0 bridgehead atoms. The lowest BCUT2D eigenvalue weighted by Gasteiger charge is -2.17. The quantitative estimate of drug-likeness (QED) is 0.798. The summed E-state index contributed by atoms with van der Waals surface area (Å²) in [7, 11) is 0. The van der Waals surface area contributed by atoms with E-state index < -0.39 is 22.8 Å². The lowest BCUT2D eigenvalue weighted by Crippen LogP contribution is -2.30. The molecular weight excluding hydrogens is 290 g/mol. The van der Waals surface area contributed by atoms with Crippen molar-refractivity contribution in [3.63, 3.8) is 0 Å². The summed E-state index contributed by atoms with van der Waals surface area (Å²) < 4.78 is 32.0. The van der Waals surface area contributed by atoms with Crippen molar-refractivity contribution >= 4 is 40.1 Å². The van der Waals surface area contributed by atoms with Crippen molar-refractivity contribution in [2.75, 3.05) is 10.7 Å². The van der Waals surface area contributed by atoms with Gasteiger partial charge < -0.3 is 4.52 Å². The van der Waals surface area contributed by atoms with Gasteiger partial charge in [0.1, 0.15) is 0 Å². The van der Waals surface area contributed by atoms with E-state index in [1.54, 1.807) is 6.92 Å². The second kappa shape index (κ2) is 4.55. The van der Waals surface area contributed by atoms with Crippen LogP contribution in [-0.4, -0.2) is 28.5 Å². The van der Waals surface area contributed by atoms with Gasteiger partial charge in [-0.2, -0.15) is 4.39 Å². The van der Waals surface area contributed by atoms with E-state index in [1.807, 2.05) is 0 Å². The van der Waals surface area contributed by atoms with E-state index in [-0.39, 0.29) is 28.8 Å². The summed E-state index contributed by atoms with van der Waals surface area (Å²) >= 11 is 1.11. The Labute approximate surface area is 115 Å². The first kappa shape index (κ1) is 13.0. The Balaban J connectivity index is 2.26. The molecule has 2 heterocycles. The fourth-order valence-electron chi connectivity index (χ4n) is 2.09. The van der Waals surface area contributed by atoms with E-state index in [4.69, 9.17) is 4.52 Å². The number of aldehydes is 1. The molecule has 2 aromatic rings. The molecule has 1 aromatic carbocycles. The summed E-state index contributed by atoms with van der Waals surface area (Å²) in [4.78, 5) is 23.9. The molecule has 1 aromatic heterocycles. The molecule has 1 atom stereocenters. The molecule has 1 fully saturated rings. The third kappa shape index (κ3) is 1.71. The van der Waals surface area contributed by atoms with Gasteiger partial charge in [-0.05, 0) is 13.0 Å². The van der Waals surface area contributed by atoms with E-state index >= 15 is 0 Å². The number of thioether (sulfide) groups is 1. The highest BCUT2D eigenvalue weighted by Gasteiger charge is 2.34. The summed E-state index contributed by atoms with van der Waals surface area (Å²) in [6, 6.07) is 0.990. The number of amides is 1. The summed E-state index contributed by atoms with van der Waals surface area (Å²) in [6.45, 7) is 1.80. The number of carbonyl (C=O) groups excluding carboxylic acids is 2. The number of halogens is 2. The van der Waals surface area contributed by atoms with Crippen LogP contribution in [0.2, 0.25) is 0 Å². The van der Waals surface area contributed by atoms with E-state index in [2.05, 4.69) is 5.16 Å². The monoisotopic (exact) mass is 298 g/mol. The molecule has 104 valence electrons. The minimum Gasteiger partial charge on any atom is -0.351 e. The summed E-state index contributed by atoms with van der Waals surface area (Å²) in [5, 5.41) is 3.51. The van der Waals surface area contributed by atoms with Gasteiger partial charge in [-0.25, -0.2) is 4.39 Å². The Morgan fingerprint density at radius 3 is 2.85 bits per heavy atom. The highest BCUT2D eigenvalue weighted by Crippen LogP contribution is 2.36. The predicted molar refractivity (Wildman–Crippen MR) is 69.1 cm³/mol. The van der Waals surface area contributed by atoms with Crippen LogP contribution in [0.15, 0.2) is 10.6 Å². The molecule has 1 amide bonds. The molecule has 0 spiro atoms. The van der Waals surface area contributed by atoms with Crippen LogP contribution in [0.3, 0.4) is 0 Å². The molecule has 1 aliphatic rings. The predicted octanol–water partition coefficient (Wildman–Crippen LogP) is 2.98. The SMILES string of the molecule is CC1CSC(=O)N1c1noc2c(F)c(F)c(C=O)cc12. The minimum absolute atomic E-state index is 0.101. The first-order valence-electron chi connectivity index (χ1n) is 5.73. The summed E-state index contributed by atoms with van der Waals surface area (Å²) in [5.41, 5.74) is -0.841. The molecule has 1 aliphatic heterocycles. The van der Waals surface area contributed by atoms with Gasteiger partial charge in [-0.15, -0.1) is 0 Å². The van der Waals surface area contributed by atoms with Gasteiger partial charge in [-0.1, -0.05) is 16.9 Å². The van der Waals surface area contributed by atoms with Crippen LogP contribution < -0.4 is 4.90 Å². The highest BCUT2D eigenvalue weighted by atomic mass is 32.2. The van der Waals surface area contributed by atoms with Crippen molar-refractivity contribution in [1.29, 1.82) is 0 Å². The van der Waals surface area contributed by atoms with Crippen LogP contribution in [0.5, 0.6) is 0 Å². The molecule has 1 saturated heterocycles. The largest absolute Gasteiger partial charge is 0.351 e. The average molecular weight is 298 g/mol. The number of carbonyl (C=O) groups is 2. The zero-order valence-corrected chi connectivity index (χ0v) is 11.0. The molecule has 3 rings (SSSR count). The first-order valence-corrected chi connectivity index (χ1v) is 6.71. The van der Waals surface area contributed by atoms with Crippen LogP contribution in [0.1, 0.15) is 17.3 Å². The van der Waals surface area contributed by atoms with Gasteiger partial charge in [0.15, 0.2) is 17.9 Å². The van der Waals surface area contributed by atoms with Crippen molar-refractivity contribution in [3.8, 4) is 0 Å². The molecule has 0 radical (unpaired) electrons. The van der Waals surface area contributed by atoms with Gasteiger partial charge in [0.25, 0.3) is 5.24 Å². The molecule has 0 saturated carbocycles. The van der Waals surface area contributed by atoms with E-state index in [0.29, 0.717) is 5.75 Å². The Kier molecular flexibility index (Phi) is 2.97. The number of anilines is 1. The molecule has 1 unspecified atom stereocenters. The van der Waals surface area contributed by atoms with Crippen molar-refractivity contribution in [2.45, 2.75) is 13.0 Å². The van der Waals surface area contributed by atoms with E-state index in [9.17, 15) is 18.4 Å². The summed E-state index contributed by atoms with van der Waals surface area (Å²) in [6.07, 6.45) is 0.207. The van der Waals surface area contributed by atoms with Gasteiger partial charge in [-0.3, -0.25) is 14.5 Å². The second-order valence-electron chi connectivity index (χ2n) is 4.39. The first-order chi connectivity index (χ1) is 9.54. The third-order valence-electron chi connectivity index (χ3n) is 3.09. The fraction of sp³-hybridized carbons (Fsp3) is 0.250. The van der Waals surface area contributed by atoms with E-state index in [1.165, 1.54) is 4.90 Å². The van der Waals surface area contributed by atoms with Crippen molar-refractivity contribution < 1.29 is 22.9 Å². The Morgan fingerprint density at radius 2 is 2.25 bits per heavy atom. The highest BCUT2D eigenvalue weighted by molar-refractivity contribution is 8.14. The molecule has 0 aliphatic carbocycles. The smallest absolute Gasteiger partial charge is 0.287 e. The van der Waals surface area contributed by atoms with Crippen LogP contribution in [0.25, 0.3) is 11.0 Å². The number of hydrogen-bond acceptors (Lipinski definition) is 5. The molecule has 20 heavy (non-hydrogen) atoms. The number of hydrogen-bond donors (Lipinski definition) is 0. The molecule has 5 nitrogen and oxygen atoms in total. The normalized spacial score (nSPS) is 19.1. The zero-order chi connectivity index (χ0) is 14.4. The van der Waals surface area contributed by atoms with Crippen molar-refractivity contribution in [3.05, 3.63) is 23.3 Å². The summed E-state index contributed by atoms with van der Waals surface area (Å²) in [5.74, 6) is -1.90. The number of rotatable bonds is 2. The molecule has 8 heteroatoms. The maximum Gasteiger partial charge on any atom is 0.287 e. The Bertz CT molecular complexity index is 731. The number of benzene rings is 1. The minimum atomic E-state index is -1.29. The maximum absolute atomic E-state index is 13.8. The average Bonchev–Trinajstić information content (AvgIpc) is 2.97. The van der Waals surface area contributed by atoms with Gasteiger partial charge in [0.2, 0.25) is 11.4 Å². The molecular formula is C12H8F2N2O3S. The van der Waals surface area contributed by atoms with Crippen LogP contribution >= 0.6 is 11.8 Å². The van der Waals surface area contributed by atoms with Crippen LogP contribution in [0.4, 0.5) is 19.4 Å². The maximum atomic E-state index is 13.8. The molecule has 0 N–H and O–H groups in total. The van der Waals surface area contributed by atoms with Gasteiger partial charge in [0.05, 0.1) is 10.9 Å². The van der Waals surface area contributed by atoms with Crippen LogP contribution in [0, 0.1) is 11.6 Å². The lowest BCUT2D eigenvalue weighted by atomic mass is 10.1. The number of fused-ring (bicyclic) bond motifs is 1. The Hall–Kier alpha value is -1.96. The third-order valence-corrected chi connectivity index (χ3v) is 4.19. The van der Waals surface area contributed by atoms with Crippen LogP contribution in [-0.2, 0) is 0 Å². The van der Waals surface area contributed by atoms with E-state index in [0.717, 1.165) is 17.8 Å². The Morgan fingerprint density at radius 1 is 1.50 bits per heavy atom. The van der Waals surface area contributed by atoms with Gasteiger partial charge in [0, 0.05) is 11.8 Å². The fourth-order valence-corrected chi connectivity index (χ4v) is 3.03. The van der Waals surface area contributed by atoms with Gasteiger partial charge >= 0.3 is 0 Å². The number of aromatic nitrogens is 1. The lowest BCUT2D eigenvalue weighted by molar-refractivity contribution is 0.111. The standard InChI is InChI=1S/C12H8F2N2O3S/c1-5-4-20-12(18)16(5)11-7-2-6(3-17)8(13)9(14)10(7)19-15-11/h2-3,5H,4H2,1H3. The van der Waals surface area contributed by atoms with Crippen molar-refractivity contribution in [1.82, 2.24) is 5.16 Å². The zero-order valence-electron chi connectivity index (χ0n) is 10.2. The van der Waals surface area contributed by atoms with Crippen molar-refractivity contribution in [2.24, 2.45) is 0 Å². The topological polar surface area (TPSA) is 63.4 Å². The number of nitrogens with zero attached hydrogens (tertiary/aromatic N) is 2.